The smallest absolute Gasteiger partial charge is 0.306 e. The third-order valence-corrected chi connectivity index (χ3v) is 4.52. The van der Waals surface area contributed by atoms with Crippen LogP contribution in [0.2, 0.25) is 0 Å². The Kier molecular flexibility index (Phi) is 3.81. The van der Waals surface area contributed by atoms with E-state index < -0.39 is 10.1 Å². The number of nitrogens with one attached hydrogen (secondary N) is 1. The molecule has 26 heavy (non-hydrogen) atoms. The molecule has 0 saturated carbocycles. The minimum atomic E-state index is -3.60. The molecule has 1 heterocycles. The average Bonchev–Trinajstić information content (AvgIpc) is 3.00. The number of ether oxygens (including phenoxy) is 1. The first-order valence-corrected chi connectivity index (χ1v) is 9.71. The fourth-order valence-corrected chi connectivity index (χ4v) is 3.37. The van der Waals surface area contributed by atoms with E-state index in [1.54, 1.807) is 12.1 Å². The second-order valence-corrected chi connectivity index (χ2v) is 7.53. The van der Waals surface area contributed by atoms with Crippen molar-refractivity contribution in [1.82, 2.24) is 9.97 Å². The van der Waals surface area contributed by atoms with Gasteiger partial charge in [-0.05, 0) is 35.0 Å². The molecule has 0 bridgehead atoms. The van der Waals surface area contributed by atoms with Gasteiger partial charge in [0.25, 0.3) is 0 Å². The van der Waals surface area contributed by atoms with Gasteiger partial charge >= 0.3 is 10.1 Å². The van der Waals surface area contributed by atoms with Crippen LogP contribution in [0.4, 0.5) is 0 Å². The Morgan fingerprint density at radius 2 is 1.73 bits per heavy atom. The first-order valence-electron chi connectivity index (χ1n) is 7.89. The molecule has 4 aromatic rings. The number of fused-ring (bicyclic) bond motifs is 2. The van der Waals surface area contributed by atoms with E-state index in [0.29, 0.717) is 17.1 Å². The molecule has 6 nitrogen and oxygen atoms in total. The maximum atomic E-state index is 11.3. The number of hydrogen-bond acceptors (Lipinski definition) is 5. The van der Waals surface area contributed by atoms with Gasteiger partial charge in [0.05, 0.1) is 30.0 Å². The van der Waals surface area contributed by atoms with Crippen molar-refractivity contribution in [3.8, 4) is 22.9 Å². The van der Waals surface area contributed by atoms with Gasteiger partial charge in [0.1, 0.15) is 17.3 Å². The standard InChI is InChI=1S/C19H16N2O4S/c1-24-18-11-14(25-26(2,22)23)7-8-15(18)19-20-16-9-12-5-3-4-6-13(12)10-17(16)21-19/h3-11H,1-2H3,(H,20,21). The molecule has 1 aromatic heterocycles. The van der Waals surface area contributed by atoms with Crippen LogP contribution in [-0.2, 0) is 10.1 Å². The fraction of sp³-hybridized carbons (Fsp3) is 0.105. The molecule has 0 fully saturated rings. The predicted molar refractivity (Wildman–Crippen MR) is 101 cm³/mol. The zero-order chi connectivity index (χ0) is 18.3. The second-order valence-electron chi connectivity index (χ2n) is 5.95. The van der Waals surface area contributed by atoms with Crippen molar-refractivity contribution in [2.45, 2.75) is 0 Å². The van der Waals surface area contributed by atoms with E-state index >= 15 is 0 Å². The molecule has 0 amide bonds. The molecule has 132 valence electrons. The lowest BCUT2D eigenvalue weighted by Crippen LogP contribution is -2.05. The summed E-state index contributed by atoms with van der Waals surface area (Å²) in [6.07, 6.45) is 0.997. The molecule has 7 heteroatoms. The van der Waals surface area contributed by atoms with E-state index in [2.05, 4.69) is 16.0 Å². The molecule has 0 radical (unpaired) electrons. The van der Waals surface area contributed by atoms with Crippen LogP contribution in [0.15, 0.2) is 54.6 Å². The highest BCUT2D eigenvalue weighted by Gasteiger charge is 2.14. The largest absolute Gasteiger partial charge is 0.496 e. The number of rotatable bonds is 4. The molecule has 0 saturated heterocycles. The van der Waals surface area contributed by atoms with Gasteiger partial charge in [-0.25, -0.2) is 4.98 Å². The molecule has 0 atom stereocenters. The number of nitrogens with zero attached hydrogens (tertiary/aromatic N) is 1. The van der Waals surface area contributed by atoms with Gasteiger partial charge in [0.2, 0.25) is 0 Å². The first-order chi connectivity index (χ1) is 12.4. The van der Waals surface area contributed by atoms with Crippen molar-refractivity contribution in [2.75, 3.05) is 13.4 Å². The lowest BCUT2D eigenvalue weighted by atomic mass is 10.1. The van der Waals surface area contributed by atoms with Gasteiger partial charge in [-0.15, -0.1) is 0 Å². The normalized spacial score (nSPS) is 11.8. The van der Waals surface area contributed by atoms with Crippen molar-refractivity contribution < 1.29 is 17.3 Å². The molecular formula is C19H16N2O4S. The van der Waals surface area contributed by atoms with Gasteiger partial charge in [-0.3, -0.25) is 0 Å². The minimum Gasteiger partial charge on any atom is -0.496 e. The Morgan fingerprint density at radius 1 is 1.00 bits per heavy atom. The maximum Gasteiger partial charge on any atom is 0.306 e. The van der Waals surface area contributed by atoms with Crippen LogP contribution in [-0.4, -0.2) is 31.8 Å². The molecule has 0 aliphatic heterocycles. The number of imidazole rings is 1. The topological polar surface area (TPSA) is 81.3 Å². The minimum absolute atomic E-state index is 0.190. The quantitative estimate of drug-likeness (QED) is 0.555. The highest BCUT2D eigenvalue weighted by molar-refractivity contribution is 7.86. The number of aromatic amines is 1. The third-order valence-electron chi connectivity index (χ3n) is 4.03. The van der Waals surface area contributed by atoms with Gasteiger partial charge in [-0.2, -0.15) is 8.42 Å². The van der Waals surface area contributed by atoms with E-state index in [1.165, 1.54) is 13.2 Å². The number of benzene rings is 3. The zero-order valence-corrected chi connectivity index (χ0v) is 15.0. The Labute approximate surface area is 150 Å². The fourth-order valence-electron chi connectivity index (χ4n) is 2.92. The predicted octanol–water partition coefficient (Wildman–Crippen LogP) is 3.73. The maximum absolute atomic E-state index is 11.3. The molecule has 0 aliphatic rings. The molecule has 0 unspecified atom stereocenters. The van der Waals surface area contributed by atoms with Crippen LogP contribution in [0.1, 0.15) is 0 Å². The van der Waals surface area contributed by atoms with Gasteiger partial charge in [-0.1, -0.05) is 24.3 Å². The molecule has 0 spiro atoms. The van der Waals surface area contributed by atoms with Crippen LogP contribution >= 0.6 is 0 Å². The van der Waals surface area contributed by atoms with E-state index in [4.69, 9.17) is 8.92 Å². The molecular weight excluding hydrogens is 352 g/mol. The Hall–Kier alpha value is -3.06. The Morgan fingerprint density at radius 3 is 2.42 bits per heavy atom. The monoisotopic (exact) mass is 368 g/mol. The number of aromatic nitrogens is 2. The van der Waals surface area contributed by atoms with Crippen LogP contribution in [0.3, 0.4) is 0 Å². The first kappa shape index (κ1) is 16.4. The summed E-state index contributed by atoms with van der Waals surface area (Å²) >= 11 is 0. The highest BCUT2D eigenvalue weighted by Crippen LogP contribution is 2.34. The van der Waals surface area contributed by atoms with Crippen LogP contribution in [0, 0.1) is 0 Å². The summed E-state index contributed by atoms with van der Waals surface area (Å²) in [5.74, 6) is 1.29. The van der Waals surface area contributed by atoms with Crippen molar-refractivity contribution in [3.05, 3.63) is 54.6 Å². The summed E-state index contributed by atoms with van der Waals surface area (Å²) in [5, 5.41) is 2.24. The van der Waals surface area contributed by atoms with Gasteiger partial charge in [0, 0.05) is 6.07 Å². The van der Waals surface area contributed by atoms with Crippen molar-refractivity contribution in [2.24, 2.45) is 0 Å². The number of hydrogen-bond donors (Lipinski definition) is 1. The van der Waals surface area contributed by atoms with Gasteiger partial charge in [0.15, 0.2) is 0 Å². The number of H-pyrrole nitrogens is 1. The van der Waals surface area contributed by atoms with Crippen LogP contribution in [0.5, 0.6) is 11.5 Å². The second kappa shape index (κ2) is 6.03. The molecule has 4 rings (SSSR count). The van der Waals surface area contributed by atoms with E-state index in [1.807, 2.05) is 30.3 Å². The van der Waals surface area contributed by atoms with E-state index in [9.17, 15) is 8.42 Å². The molecule has 0 aliphatic carbocycles. The average molecular weight is 368 g/mol. The summed E-state index contributed by atoms with van der Waals surface area (Å²) in [4.78, 5) is 7.95. The lowest BCUT2D eigenvalue weighted by molar-refractivity contribution is 0.413. The zero-order valence-electron chi connectivity index (χ0n) is 14.2. The summed E-state index contributed by atoms with van der Waals surface area (Å²) in [6, 6.07) is 17.0. The Bertz CT molecular complexity index is 1180. The van der Waals surface area contributed by atoms with Crippen molar-refractivity contribution >= 4 is 31.9 Å². The summed E-state index contributed by atoms with van der Waals surface area (Å²) in [7, 11) is -2.09. The van der Waals surface area contributed by atoms with Crippen molar-refractivity contribution in [3.63, 3.8) is 0 Å². The molecule has 1 N–H and O–H groups in total. The third kappa shape index (κ3) is 3.09. The van der Waals surface area contributed by atoms with E-state index in [-0.39, 0.29) is 5.75 Å². The highest BCUT2D eigenvalue weighted by atomic mass is 32.2. The number of methoxy groups -OCH3 is 1. The van der Waals surface area contributed by atoms with Crippen LogP contribution in [0.25, 0.3) is 33.2 Å². The van der Waals surface area contributed by atoms with Crippen LogP contribution < -0.4 is 8.92 Å². The SMILES string of the molecule is COc1cc(OS(C)(=O)=O)ccc1-c1nc2cc3ccccc3cc2[nH]1. The summed E-state index contributed by atoms with van der Waals surface area (Å²) < 4.78 is 32.9. The van der Waals surface area contributed by atoms with Gasteiger partial charge < -0.3 is 13.9 Å². The summed E-state index contributed by atoms with van der Waals surface area (Å²) in [6.45, 7) is 0. The Balaban J connectivity index is 1.82. The van der Waals surface area contributed by atoms with Crippen molar-refractivity contribution in [1.29, 1.82) is 0 Å². The molecule has 3 aromatic carbocycles. The lowest BCUT2D eigenvalue weighted by Gasteiger charge is -2.09. The van der Waals surface area contributed by atoms with E-state index in [0.717, 1.165) is 28.1 Å². The summed E-state index contributed by atoms with van der Waals surface area (Å²) in [5.41, 5.74) is 2.48.